The predicted octanol–water partition coefficient (Wildman–Crippen LogP) is 1.61. The Kier molecular flexibility index (Phi) is 3.43. The highest BCUT2D eigenvalue weighted by Gasteiger charge is 1.99. The average molecular weight is 179 g/mol. The molecule has 1 heterocycles. The van der Waals surface area contributed by atoms with Gasteiger partial charge in [-0.1, -0.05) is 0 Å². The van der Waals surface area contributed by atoms with Crippen LogP contribution < -0.4 is 4.74 Å². The molecule has 0 atom stereocenters. The summed E-state index contributed by atoms with van der Waals surface area (Å²) in [5, 5.41) is 0. The Labute approximate surface area is 77.8 Å². The van der Waals surface area contributed by atoms with Crippen LogP contribution in [0.2, 0.25) is 0 Å². The quantitative estimate of drug-likeness (QED) is 0.705. The van der Waals surface area contributed by atoms with Crippen molar-refractivity contribution in [1.29, 1.82) is 0 Å². The topological polar surface area (TPSA) is 39.2 Å². The van der Waals surface area contributed by atoms with Crippen molar-refractivity contribution in [3.8, 4) is 5.75 Å². The van der Waals surface area contributed by atoms with Crippen LogP contribution in [-0.4, -0.2) is 17.4 Å². The fraction of sp³-hybridized carbons (Fsp3) is 0.400. The SMILES string of the molecule is CCOc1ccc(CC(C)=O)nc1. The minimum Gasteiger partial charge on any atom is -0.492 e. The van der Waals surface area contributed by atoms with E-state index in [1.54, 1.807) is 13.1 Å². The van der Waals surface area contributed by atoms with Crippen LogP contribution in [0.25, 0.3) is 0 Å². The Morgan fingerprint density at radius 2 is 2.31 bits per heavy atom. The number of ketones is 1. The summed E-state index contributed by atoms with van der Waals surface area (Å²) in [5.74, 6) is 0.867. The molecule has 0 saturated heterocycles. The van der Waals surface area contributed by atoms with Crippen molar-refractivity contribution in [2.75, 3.05) is 6.61 Å². The molecule has 1 aromatic heterocycles. The molecule has 0 unspecified atom stereocenters. The molecule has 0 aliphatic carbocycles. The summed E-state index contributed by atoms with van der Waals surface area (Å²) in [6.07, 6.45) is 2.04. The summed E-state index contributed by atoms with van der Waals surface area (Å²) in [6.45, 7) is 4.11. The minimum atomic E-state index is 0.122. The van der Waals surface area contributed by atoms with E-state index in [1.807, 2.05) is 19.1 Å². The summed E-state index contributed by atoms with van der Waals surface area (Å²) < 4.78 is 5.22. The van der Waals surface area contributed by atoms with E-state index in [0.29, 0.717) is 13.0 Å². The number of hydrogen-bond acceptors (Lipinski definition) is 3. The maximum Gasteiger partial charge on any atom is 0.137 e. The van der Waals surface area contributed by atoms with Gasteiger partial charge in [0, 0.05) is 12.1 Å². The number of Topliss-reactive ketones (excluding diaryl/α,β-unsaturated/α-hetero) is 1. The van der Waals surface area contributed by atoms with E-state index >= 15 is 0 Å². The second-order valence-corrected chi connectivity index (χ2v) is 2.80. The van der Waals surface area contributed by atoms with Crippen LogP contribution >= 0.6 is 0 Å². The van der Waals surface area contributed by atoms with Gasteiger partial charge in [-0.15, -0.1) is 0 Å². The lowest BCUT2D eigenvalue weighted by atomic mass is 10.2. The van der Waals surface area contributed by atoms with E-state index in [9.17, 15) is 4.79 Å². The first-order valence-corrected chi connectivity index (χ1v) is 4.29. The fourth-order valence-corrected chi connectivity index (χ4v) is 1.02. The second-order valence-electron chi connectivity index (χ2n) is 2.80. The van der Waals surface area contributed by atoms with E-state index in [1.165, 1.54) is 0 Å². The van der Waals surface area contributed by atoms with Gasteiger partial charge in [0.25, 0.3) is 0 Å². The van der Waals surface area contributed by atoms with Gasteiger partial charge in [0.2, 0.25) is 0 Å². The van der Waals surface area contributed by atoms with Crippen LogP contribution in [0.4, 0.5) is 0 Å². The molecular formula is C10H13NO2. The van der Waals surface area contributed by atoms with E-state index in [2.05, 4.69) is 4.98 Å². The first kappa shape index (κ1) is 9.71. The number of ether oxygens (including phenoxy) is 1. The Morgan fingerprint density at radius 1 is 1.54 bits per heavy atom. The maximum atomic E-state index is 10.8. The molecule has 0 radical (unpaired) electrons. The van der Waals surface area contributed by atoms with Crippen molar-refractivity contribution in [3.63, 3.8) is 0 Å². The van der Waals surface area contributed by atoms with Crippen molar-refractivity contribution < 1.29 is 9.53 Å². The summed E-state index contributed by atoms with van der Waals surface area (Å²) in [4.78, 5) is 14.8. The van der Waals surface area contributed by atoms with E-state index in [0.717, 1.165) is 11.4 Å². The third-order valence-electron chi connectivity index (χ3n) is 1.54. The molecular weight excluding hydrogens is 166 g/mol. The Morgan fingerprint density at radius 3 is 2.77 bits per heavy atom. The molecule has 0 aliphatic rings. The smallest absolute Gasteiger partial charge is 0.137 e. The summed E-state index contributed by atoms with van der Waals surface area (Å²) in [7, 11) is 0. The van der Waals surface area contributed by atoms with Crippen molar-refractivity contribution in [3.05, 3.63) is 24.0 Å². The first-order chi connectivity index (χ1) is 6.22. The molecule has 70 valence electrons. The molecule has 0 amide bonds. The number of aromatic nitrogens is 1. The van der Waals surface area contributed by atoms with Gasteiger partial charge in [-0.2, -0.15) is 0 Å². The summed E-state index contributed by atoms with van der Waals surface area (Å²) in [5.41, 5.74) is 0.788. The molecule has 1 aromatic rings. The molecule has 3 heteroatoms. The number of rotatable bonds is 4. The third-order valence-corrected chi connectivity index (χ3v) is 1.54. The van der Waals surface area contributed by atoms with Gasteiger partial charge in [-0.05, 0) is 26.0 Å². The van der Waals surface area contributed by atoms with Gasteiger partial charge in [0.1, 0.15) is 11.5 Å². The van der Waals surface area contributed by atoms with Crippen molar-refractivity contribution in [1.82, 2.24) is 4.98 Å². The number of pyridine rings is 1. The molecule has 0 N–H and O–H groups in total. The molecule has 0 fully saturated rings. The van der Waals surface area contributed by atoms with Crippen LogP contribution in [-0.2, 0) is 11.2 Å². The van der Waals surface area contributed by atoms with Crippen LogP contribution in [0.1, 0.15) is 19.5 Å². The van der Waals surface area contributed by atoms with Gasteiger partial charge in [0.05, 0.1) is 12.8 Å². The number of carbonyl (C=O) groups is 1. The Hall–Kier alpha value is -1.38. The Bertz CT molecular complexity index is 279. The minimum absolute atomic E-state index is 0.122. The zero-order valence-corrected chi connectivity index (χ0v) is 7.91. The van der Waals surface area contributed by atoms with Gasteiger partial charge in [-0.3, -0.25) is 9.78 Å². The van der Waals surface area contributed by atoms with Gasteiger partial charge < -0.3 is 4.74 Å². The number of nitrogens with zero attached hydrogens (tertiary/aromatic N) is 1. The zero-order chi connectivity index (χ0) is 9.68. The van der Waals surface area contributed by atoms with Crippen molar-refractivity contribution in [2.24, 2.45) is 0 Å². The average Bonchev–Trinajstić information content (AvgIpc) is 2.08. The largest absolute Gasteiger partial charge is 0.492 e. The summed E-state index contributed by atoms with van der Waals surface area (Å²) >= 11 is 0. The molecule has 13 heavy (non-hydrogen) atoms. The highest BCUT2D eigenvalue weighted by Crippen LogP contribution is 2.09. The predicted molar refractivity (Wildman–Crippen MR) is 49.8 cm³/mol. The van der Waals surface area contributed by atoms with Crippen LogP contribution in [0.15, 0.2) is 18.3 Å². The molecule has 0 bridgehead atoms. The first-order valence-electron chi connectivity index (χ1n) is 4.29. The van der Waals surface area contributed by atoms with Crippen molar-refractivity contribution >= 4 is 5.78 Å². The highest BCUT2D eigenvalue weighted by atomic mass is 16.5. The standard InChI is InChI=1S/C10H13NO2/c1-3-13-10-5-4-9(11-7-10)6-8(2)12/h4-5,7H,3,6H2,1-2H3. The van der Waals surface area contributed by atoms with E-state index < -0.39 is 0 Å². The van der Waals surface area contributed by atoms with E-state index in [4.69, 9.17) is 4.74 Å². The molecule has 0 spiro atoms. The monoisotopic (exact) mass is 179 g/mol. The highest BCUT2D eigenvalue weighted by molar-refractivity contribution is 5.77. The third kappa shape index (κ3) is 3.23. The molecule has 0 aromatic carbocycles. The number of hydrogen-bond donors (Lipinski definition) is 0. The molecule has 0 aliphatic heterocycles. The lowest BCUT2D eigenvalue weighted by molar-refractivity contribution is -0.116. The van der Waals surface area contributed by atoms with E-state index in [-0.39, 0.29) is 5.78 Å². The van der Waals surface area contributed by atoms with Crippen LogP contribution in [0, 0.1) is 0 Å². The van der Waals surface area contributed by atoms with Crippen LogP contribution in [0.3, 0.4) is 0 Å². The van der Waals surface area contributed by atoms with Gasteiger partial charge in [0.15, 0.2) is 0 Å². The van der Waals surface area contributed by atoms with Crippen molar-refractivity contribution in [2.45, 2.75) is 20.3 Å². The number of carbonyl (C=O) groups excluding carboxylic acids is 1. The van der Waals surface area contributed by atoms with Gasteiger partial charge >= 0.3 is 0 Å². The normalized spacial score (nSPS) is 9.69. The fourth-order valence-electron chi connectivity index (χ4n) is 1.02. The lowest BCUT2D eigenvalue weighted by Crippen LogP contribution is -1.99. The molecule has 3 nitrogen and oxygen atoms in total. The second kappa shape index (κ2) is 4.60. The Balaban J connectivity index is 2.64. The zero-order valence-electron chi connectivity index (χ0n) is 7.91. The molecule has 1 rings (SSSR count). The molecule has 0 saturated carbocycles. The lowest BCUT2D eigenvalue weighted by Gasteiger charge is -2.02. The summed E-state index contributed by atoms with van der Waals surface area (Å²) in [6, 6.07) is 3.64. The maximum absolute atomic E-state index is 10.8. The van der Waals surface area contributed by atoms with Gasteiger partial charge in [-0.25, -0.2) is 0 Å². The van der Waals surface area contributed by atoms with Crippen LogP contribution in [0.5, 0.6) is 5.75 Å².